The fourth-order valence-corrected chi connectivity index (χ4v) is 2.39. The SMILES string of the molecule is CCCCN(C)CCC(NCCC)c1ccc(C)cc1. The quantitative estimate of drug-likeness (QED) is 0.690. The van der Waals surface area contributed by atoms with Crippen molar-refractivity contribution in [2.75, 3.05) is 26.7 Å². The van der Waals surface area contributed by atoms with E-state index >= 15 is 0 Å². The van der Waals surface area contributed by atoms with E-state index in [2.05, 4.69) is 62.3 Å². The average molecular weight is 276 g/mol. The van der Waals surface area contributed by atoms with E-state index < -0.39 is 0 Å². The Balaban J connectivity index is 2.53. The number of unbranched alkanes of at least 4 members (excludes halogenated alkanes) is 1. The molecule has 0 amide bonds. The molecule has 0 aliphatic carbocycles. The third kappa shape index (κ3) is 6.53. The Morgan fingerprint density at radius 2 is 1.75 bits per heavy atom. The minimum absolute atomic E-state index is 0.486. The maximum atomic E-state index is 3.69. The van der Waals surface area contributed by atoms with Crippen LogP contribution < -0.4 is 5.32 Å². The van der Waals surface area contributed by atoms with E-state index in [4.69, 9.17) is 0 Å². The molecule has 0 spiro atoms. The molecule has 0 heterocycles. The molecule has 20 heavy (non-hydrogen) atoms. The summed E-state index contributed by atoms with van der Waals surface area (Å²) in [7, 11) is 2.24. The molecule has 0 aliphatic heterocycles. The van der Waals surface area contributed by atoms with E-state index in [1.54, 1.807) is 0 Å². The van der Waals surface area contributed by atoms with Gasteiger partial charge in [-0.15, -0.1) is 0 Å². The van der Waals surface area contributed by atoms with E-state index in [0.717, 1.165) is 13.1 Å². The second-order valence-electron chi connectivity index (χ2n) is 5.86. The van der Waals surface area contributed by atoms with Gasteiger partial charge in [0.25, 0.3) is 0 Å². The van der Waals surface area contributed by atoms with Crippen LogP contribution >= 0.6 is 0 Å². The summed E-state index contributed by atoms with van der Waals surface area (Å²) in [5.74, 6) is 0. The lowest BCUT2D eigenvalue weighted by Gasteiger charge is -2.23. The molecular formula is C18H32N2. The monoisotopic (exact) mass is 276 g/mol. The molecule has 0 radical (unpaired) electrons. The maximum absolute atomic E-state index is 3.69. The smallest absolute Gasteiger partial charge is 0.0332 e. The first-order valence-corrected chi connectivity index (χ1v) is 8.15. The van der Waals surface area contributed by atoms with Gasteiger partial charge >= 0.3 is 0 Å². The van der Waals surface area contributed by atoms with E-state index in [1.165, 1.54) is 43.4 Å². The van der Waals surface area contributed by atoms with Crippen LogP contribution in [-0.2, 0) is 0 Å². The number of rotatable bonds is 10. The Morgan fingerprint density at radius 3 is 2.35 bits per heavy atom. The molecule has 1 rings (SSSR count). The van der Waals surface area contributed by atoms with Crippen molar-refractivity contribution in [1.82, 2.24) is 10.2 Å². The first kappa shape index (κ1) is 17.2. The van der Waals surface area contributed by atoms with Gasteiger partial charge in [0, 0.05) is 6.04 Å². The standard InChI is InChI=1S/C18H32N2/c1-5-7-14-20(4)15-12-18(19-13-6-2)17-10-8-16(3)9-11-17/h8-11,18-19H,5-7,12-15H2,1-4H3. The Kier molecular flexibility index (Phi) is 8.56. The van der Waals surface area contributed by atoms with Crippen LogP contribution in [0.3, 0.4) is 0 Å². The minimum atomic E-state index is 0.486. The van der Waals surface area contributed by atoms with Crippen LogP contribution in [0.1, 0.15) is 56.7 Å². The molecule has 1 atom stereocenters. The molecule has 0 saturated heterocycles. The zero-order chi connectivity index (χ0) is 14.8. The maximum Gasteiger partial charge on any atom is 0.0332 e. The zero-order valence-electron chi connectivity index (χ0n) is 13.8. The van der Waals surface area contributed by atoms with E-state index in [0.29, 0.717) is 6.04 Å². The van der Waals surface area contributed by atoms with Crippen LogP contribution in [0.5, 0.6) is 0 Å². The fourth-order valence-electron chi connectivity index (χ4n) is 2.39. The molecule has 1 aromatic carbocycles. The van der Waals surface area contributed by atoms with Crippen molar-refractivity contribution in [3.05, 3.63) is 35.4 Å². The number of nitrogens with zero attached hydrogens (tertiary/aromatic N) is 1. The van der Waals surface area contributed by atoms with Gasteiger partial charge in [-0.05, 0) is 58.4 Å². The fraction of sp³-hybridized carbons (Fsp3) is 0.667. The molecule has 1 aromatic rings. The number of hydrogen-bond donors (Lipinski definition) is 1. The minimum Gasteiger partial charge on any atom is -0.310 e. The van der Waals surface area contributed by atoms with Crippen molar-refractivity contribution in [1.29, 1.82) is 0 Å². The van der Waals surface area contributed by atoms with Gasteiger partial charge in [0.1, 0.15) is 0 Å². The first-order chi connectivity index (χ1) is 9.67. The Bertz CT molecular complexity index is 345. The molecule has 1 unspecified atom stereocenters. The molecule has 2 nitrogen and oxygen atoms in total. The zero-order valence-corrected chi connectivity index (χ0v) is 13.8. The van der Waals surface area contributed by atoms with Gasteiger partial charge in [-0.1, -0.05) is 50.1 Å². The first-order valence-electron chi connectivity index (χ1n) is 8.15. The van der Waals surface area contributed by atoms with Gasteiger partial charge in [-0.3, -0.25) is 0 Å². The number of hydrogen-bond acceptors (Lipinski definition) is 2. The summed E-state index contributed by atoms with van der Waals surface area (Å²) < 4.78 is 0. The largest absolute Gasteiger partial charge is 0.310 e. The number of benzene rings is 1. The van der Waals surface area contributed by atoms with Gasteiger partial charge < -0.3 is 10.2 Å². The topological polar surface area (TPSA) is 15.3 Å². The summed E-state index contributed by atoms with van der Waals surface area (Å²) in [5.41, 5.74) is 2.76. The lowest BCUT2D eigenvalue weighted by Crippen LogP contribution is -2.28. The van der Waals surface area contributed by atoms with Crippen molar-refractivity contribution in [3.63, 3.8) is 0 Å². The second kappa shape index (κ2) is 9.95. The highest BCUT2D eigenvalue weighted by Crippen LogP contribution is 2.18. The molecule has 0 bridgehead atoms. The Labute approximate surface area is 125 Å². The summed E-state index contributed by atoms with van der Waals surface area (Å²) in [4.78, 5) is 2.46. The van der Waals surface area contributed by atoms with E-state index in [1.807, 2.05) is 0 Å². The molecule has 114 valence electrons. The Morgan fingerprint density at radius 1 is 1.05 bits per heavy atom. The highest BCUT2D eigenvalue weighted by Gasteiger charge is 2.11. The predicted molar refractivity (Wildman–Crippen MR) is 89.2 cm³/mol. The molecule has 0 aliphatic rings. The van der Waals surface area contributed by atoms with Crippen molar-refractivity contribution in [3.8, 4) is 0 Å². The average Bonchev–Trinajstić information content (AvgIpc) is 2.46. The summed E-state index contributed by atoms with van der Waals surface area (Å²) in [6.45, 7) is 10.1. The summed E-state index contributed by atoms with van der Waals surface area (Å²) >= 11 is 0. The van der Waals surface area contributed by atoms with Gasteiger partial charge in [0.15, 0.2) is 0 Å². The second-order valence-corrected chi connectivity index (χ2v) is 5.86. The highest BCUT2D eigenvalue weighted by molar-refractivity contribution is 5.24. The van der Waals surface area contributed by atoms with Crippen molar-refractivity contribution < 1.29 is 0 Å². The highest BCUT2D eigenvalue weighted by atomic mass is 15.1. The van der Waals surface area contributed by atoms with Crippen molar-refractivity contribution >= 4 is 0 Å². The number of nitrogens with one attached hydrogen (secondary N) is 1. The van der Waals surface area contributed by atoms with Crippen LogP contribution in [0, 0.1) is 6.92 Å². The van der Waals surface area contributed by atoms with Gasteiger partial charge in [-0.2, -0.15) is 0 Å². The van der Waals surface area contributed by atoms with Gasteiger partial charge in [0.2, 0.25) is 0 Å². The number of aryl methyl sites for hydroxylation is 1. The van der Waals surface area contributed by atoms with Crippen LogP contribution in [0.15, 0.2) is 24.3 Å². The third-order valence-corrected chi connectivity index (χ3v) is 3.81. The van der Waals surface area contributed by atoms with Gasteiger partial charge in [0.05, 0.1) is 0 Å². The molecule has 2 heteroatoms. The summed E-state index contributed by atoms with van der Waals surface area (Å²) in [6.07, 6.45) is 4.95. The molecular weight excluding hydrogens is 244 g/mol. The van der Waals surface area contributed by atoms with Crippen LogP contribution in [0.25, 0.3) is 0 Å². The normalized spacial score (nSPS) is 12.8. The van der Waals surface area contributed by atoms with Crippen molar-refractivity contribution in [2.24, 2.45) is 0 Å². The molecule has 0 fully saturated rings. The summed E-state index contributed by atoms with van der Waals surface area (Å²) in [5, 5.41) is 3.69. The predicted octanol–water partition coefficient (Wildman–Crippen LogP) is 4.16. The molecule has 1 N–H and O–H groups in total. The van der Waals surface area contributed by atoms with E-state index in [9.17, 15) is 0 Å². The van der Waals surface area contributed by atoms with E-state index in [-0.39, 0.29) is 0 Å². The third-order valence-electron chi connectivity index (χ3n) is 3.81. The lowest BCUT2D eigenvalue weighted by atomic mass is 10.0. The molecule has 0 aromatic heterocycles. The van der Waals surface area contributed by atoms with Gasteiger partial charge in [-0.25, -0.2) is 0 Å². The van der Waals surface area contributed by atoms with Crippen molar-refractivity contribution in [2.45, 2.75) is 52.5 Å². The summed E-state index contributed by atoms with van der Waals surface area (Å²) in [6, 6.07) is 9.47. The van der Waals surface area contributed by atoms with Crippen LogP contribution in [0.4, 0.5) is 0 Å². The Hall–Kier alpha value is -0.860. The van der Waals surface area contributed by atoms with Crippen LogP contribution in [0.2, 0.25) is 0 Å². The molecule has 0 saturated carbocycles. The lowest BCUT2D eigenvalue weighted by molar-refractivity contribution is 0.302. The van der Waals surface area contributed by atoms with Crippen LogP contribution in [-0.4, -0.2) is 31.6 Å².